The zero-order valence-corrected chi connectivity index (χ0v) is 22.0. The van der Waals surface area contributed by atoms with Crippen molar-refractivity contribution >= 4 is 11.6 Å². The summed E-state index contributed by atoms with van der Waals surface area (Å²) in [5.41, 5.74) is 3.66. The number of halogens is 1. The van der Waals surface area contributed by atoms with Crippen molar-refractivity contribution in [2.45, 2.75) is 48.1 Å². The largest absolute Gasteiger partial charge is 0.489 e. The molecule has 180 valence electrons. The molecule has 0 saturated carbocycles. The predicted octanol–water partition coefficient (Wildman–Crippen LogP) is 10.1. The van der Waals surface area contributed by atoms with E-state index in [2.05, 4.69) is 31.2 Å². The minimum absolute atomic E-state index is 0.629. The van der Waals surface area contributed by atoms with Crippen LogP contribution in [0, 0.1) is 13.8 Å². The van der Waals surface area contributed by atoms with E-state index >= 15 is 0 Å². The van der Waals surface area contributed by atoms with Crippen LogP contribution in [0.1, 0.15) is 44.4 Å². The summed E-state index contributed by atoms with van der Waals surface area (Å²) in [5, 5.41) is 0.680. The number of aryl methyl sites for hydroxylation is 2. The molecule has 0 aliphatic carbocycles. The van der Waals surface area contributed by atoms with Gasteiger partial charge in [-0.15, -0.1) is 0 Å². The van der Waals surface area contributed by atoms with Gasteiger partial charge in [-0.2, -0.15) is 0 Å². The summed E-state index contributed by atoms with van der Waals surface area (Å²) in [6.07, 6.45) is 0. The molecule has 0 N–H and O–H groups in total. The smallest absolute Gasteiger partial charge is 0.128 e. The molecular weight excluding hydrogens is 440 g/mol. The maximum Gasteiger partial charge on any atom is 0.128 e. The number of ether oxygens (including phenoxy) is 2. The highest BCUT2D eigenvalue weighted by Gasteiger charge is 1.97. The summed E-state index contributed by atoms with van der Waals surface area (Å²) in [4.78, 5) is 0. The zero-order chi connectivity index (χ0) is 25.2. The fraction of sp³-hybridized carbons (Fsp3) is 0.226. The van der Waals surface area contributed by atoms with Crippen molar-refractivity contribution in [1.82, 2.24) is 0 Å². The molecule has 0 radical (unpaired) electrons. The van der Waals surface area contributed by atoms with Crippen molar-refractivity contribution in [3.63, 3.8) is 0 Å². The third-order valence-corrected chi connectivity index (χ3v) is 4.56. The molecule has 0 aliphatic rings. The van der Waals surface area contributed by atoms with E-state index in [1.54, 1.807) is 6.07 Å². The van der Waals surface area contributed by atoms with E-state index in [0.29, 0.717) is 11.6 Å². The van der Waals surface area contributed by atoms with Gasteiger partial charge in [0.05, 0.1) is 0 Å². The number of benzene rings is 4. The van der Waals surface area contributed by atoms with E-state index in [1.165, 1.54) is 16.7 Å². The van der Waals surface area contributed by atoms with Crippen molar-refractivity contribution in [3.8, 4) is 17.2 Å². The van der Waals surface area contributed by atoms with Crippen molar-refractivity contribution in [3.05, 3.63) is 125 Å². The summed E-state index contributed by atoms with van der Waals surface area (Å²) in [7, 11) is 0. The molecule has 0 aliphatic heterocycles. The van der Waals surface area contributed by atoms with Gasteiger partial charge < -0.3 is 9.47 Å². The van der Waals surface area contributed by atoms with Crippen molar-refractivity contribution in [1.29, 1.82) is 0 Å². The monoisotopic (exact) mass is 476 g/mol. The molecule has 0 heterocycles. The second-order valence-corrected chi connectivity index (χ2v) is 7.40. The summed E-state index contributed by atoms with van der Waals surface area (Å²) in [5.74, 6) is 2.50. The molecule has 4 aromatic carbocycles. The van der Waals surface area contributed by atoms with E-state index in [9.17, 15) is 0 Å². The maximum absolute atomic E-state index is 5.86. The maximum atomic E-state index is 5.86. The van der Waals surface area contributed by atoms with Crippen molar-refractivity contribution in [2.75, 3.05) is 0 Å². The van der Waals surface area contributed by atoms with E-state index in [1.807, 2.05) is 107 Å². The molecule has 0 amide bonds. The highest BCUT2D eigenvalue weighted by atomic mass is 35.5. The molecule has 0 fully saturated rings. The lowest BCUT2D eigenvalue weighted by Gasteiger charge is -2.06. The van der Waals surface area contributed by atoms with E-state index in [4.69, 9.17) is 21.1 Å². The van der Waals surface area contributed by atoms with E-state index in [-0.39, 0.29) is 0 Å². The van der Waals surface area contributed by atoms with Crippen LogP contribution in [-0.4, -0.2) is 0 Å². The zero-order valence-electron chi connectivity index (χ0n) is 21.2. The molecule has 0 spiro atoms. The molecule has 0 atom stereocenters. The van der Waals surface area contributed by atoms with Crippen LogP contribution in [0.5, 0.6) is 17.2 Å². The first-order valence-corrected chi connectivity index (χ1v) is 12.2. The quantitative estimate of drug-likeness (QED) is 0.285. The Kier molecular flexibility index (Phi) is 14.6. The minimum atomic E-state index is 0.629. The standard InChI is InChI=1S/C14H14O.C13H11ClO.2C2H6/c1-12-7-9-14(10-8-12)15-11-13-5-3-2-4-6-13;1-10-5-7-12(8-6-10)15-13-4-2-3-11(14)9-13;2*1-2/h2-10H,11H2,1H3;2-9H,1H3;2*1-2H3. The third kappa shape index (κ3) is 11.6. The lowest BCUT2D eigenvalue weighted by Crippen LogP contribution is -1.94. The van der Waals surface area contributed by atoms with Gasteiger partial charge in [0.25, 0.3) is 0 Å². The molecule has 4 aromatic rings. The molecule has 34 heavy (non-hydrogen) atoms. The van der Waals surface area contributed by atoms with Crippen LogP contribution in [0.3, 0.4) is 0 Å². The van der Waals surface area contributed by atoms with E-state index < -0.39 is 0 Å². The van der Waals surface area contributed by atoms with Crippen LogP contribution in [0.2, 0.25) is 5.02 Å². The van der Waals surface area contributed by atoms with Gasteiger partial charge in [0.15, 0.2) is 0 Å². The molecular formula is C31H37ClO2. The predicted molar refractivity (Wildman–Crippen MR) is 147 cm³/mol. The lowest BCUT2D eigenvalue weighted by molar-refractivity contribution is 0.306. The SMILES string of the molecule is CC.CC.Cc1ccc(OCc2ccccc2)cc1.Cc1ccc(Oc2cccc(Cl)c2)cc1. The highest BCUT2D eigenvalue weighted by molar-refractivity contribution is 6.30. The minimum Gasteiger partial charge on any atom is -0.489 e. The first-order chi connectivity index (χ1) is 16.6. The van der Waals surface area contributed by atoms with Crippen LogP contribution in [0.4, 0.5) is 0 Å². The Morgan fingerprint density at radius 3 is 1.62 bits per heavy atom. The Morgan fingerprint density at radius 2 is 1.09 bits per heavy atom. The fourth-order valence-corrected chi connectivity index (χ4v) is 2.83. The van der Waals surface area contributed by atoms with Crippen LogP contribution in [0.15, 0.2) is 103 Å². The Bertz CT molecular complexity index is 1030. The fourth-order valence-electron chi connectivity index (χ4n) is 2.65. The van der Waals surface area contributed by atoms with Crippen LogP contribution in [-0.2, 0) is 6.61 Å². The van der Waals surface area contributed by atoms with Crippen LogP contribution >= 0.6 is 11.6 Å². The lowest BCUT2D eigenvalue weighted by atomic mass is 10.2. The Hall–Kier alpha value is -3.23. The summed E-state index contributed by atoms with van der Waals surface area (Å²) in [6, 6.07) is 33.6. The molecule has 3 heteroatoms. The molecule has 4 rings (SSSR count). The normalized spacial score (nSPS) is 9.15. The summed E-state index contributed by atoms with van der Waals surface area (Å²) in [6.45, 7) is 12.7. The van der Waals surface area contributed by atoms with Gasteiger partial charge in [-0.1, -0.05) is 111 Å². The Morgan fingerprint density at radius 1 is 0.559 bits per heavy atom. The van der Waals surface area contributed by atoms with Gasteiger partial charge in [-0.3, -0.25) is 0 Å². The average Bonchev–Trinajstić information content (AvgIpc) is 2.89. The van der Waals surface area contributed by atoms with Gasteiger partial charge in [-0.05, 0) is 61.9 Å². The second kappa shape index (κ2) is 17.3. The van der Waals surface area contributed by atoms with Crippen LogP contribution in [0.25, 0.3) is 0 Å². The van der Waals surface area contributed by atoms with Gasteiger partial charge >= 0.3 is 0 Å². The molecule has 0 aromatic heterocycles. The molecule has 0 saturated heterocycles. The number of hydrogen-bond acceptors (Lipinski definition) is 2. The average molecular weight is 477 g/mol. The van der Waals surface area contributed by atoms with Gasteiger partial charge in [0.2, 0.25) is 0 Å². The van der Waals surface area contributed by atoms with Crippen molar-refractivity contribution in [2.24, 2.45) is 0 Å². The second-order valence-electron chi connectivity index (χ2n) is 6.96. The molecule has 0 bridgehead atoms. The van der Waals surface area contributed by atoms with E-state index in [0.717, 1.165) is 17.2 Å². The first kappa shape index (κ1) is 28.8. The number of rotatable bonds is 5. The van der Waals surface area contributed by atoms with Crippen LogP contribution < -0.4 is 9.47 Å². The highest BCUT2D eigenvalue weighted by Crippen LogP contribution is 2.24. The third-order valence-electron chi connectivity index (χ3n) is 4.32. The van der Waals surface area contributed by atoms with Gasteiger partial charge in [0, 0.05) is 5.02 Å². The van der Waals surface area contributed by atoms with Crippen molar-refractivity contribution < 1.29 is 9.47 Å². The number of hydrogen-bond donors (Lipinski definition) is 0. The summed E-state index contributed by atoms with van der Waals surface area (Å²) < 4.78 is 11.3. The topological polar surface area (TPSA) is 18.5 Å². The first-order valence-electron chi connectivity index (χ1n) is 11.8. The van der Waals surface area contributed by atoms with Gasteiger partial charge in [0.1, 0.15) is 23.9 Å². The summed E-state index contributed by atoms with van der Waals surface area (Å²) >= 11 is 5.86. The molecule has 0 unspecified atom stereocenters. The molecule has 2 nitrogen and oxygen atoms in total. The van der Waals surface area contributed by atoms with Gasteiger partial charge in [-0.25, -0.2) is 0 Å². The Labute approximate surface area is 211 Å². The Balaban J connectivity index is 0.000000297.